The number of carbonyl (C=O) groups is 4. The van der Waals surface area contributed by atoms with Crippen LogP contribution >= 0.6 is 0 Å². The smallest absolute Gasteiger partial charge is 0.374 e. The first-order valence-corrected chi connectivity index (χ1v) is 5.93. The maximum absolute atomic E-state index is 12.0. The number of methoxy groups -OCH3 is 3. The standard InChI is InChI=1S/C13H16O8/c1-13(2)6(9(14)18-3)8(12(17)20-5)21-11(16)7(13)10(15)19-4/h7H,1-5H3. The molecule has 21 heavy (non-hydrogen) atoms. The fourth-order valence-corrected chi connectivity index (χ4v) is 2.15. The van der Waals surface area contributed by atoms with Gasteiger partial charge in [-0.2, -0.15) is 0 Å². The minimum Gasteiger partial charge on any atom is -0.468 e. The molecule has 116 valence electrons. The zero-order valence-electron chi connectivity index (χ0n) is 12.3. The van der Waals surface area contributed by atoms with Gasteiger partial charge in [0.1, 0.15) is 0 Å². The van der Waals surface area contributed by atoms with Crippen molar-refractivity contribution >= 4 is 23.9 Å². The highest BCUT2D eigenvalue weighted by atomic mass is 16.6. The minimum atomic E-state index is -1.40. The van der Waals surface area contributed by atoms with E-state index in [4.69, 9.17) is 4.74 Å². The SMILES string of the molecule is COC(=O)C1=C(C(=O)OC)C(C)(C)C(C(=O)OC)C(=O)O1. The summed E-state index contributed by atoms with van der Waals surface area (Å²) in [5.41, 5.74) is -1.62. The van der Waals surface area contributed by atoms with Crippen molar-refractivity contribution in [3.63, 3.8) is 0 Å². The van der Waals surface area contributed by atoms with E-state index in [2.05, 4.69) is 14.2 Å². The Balaban J connectivity index is 3.55. The summed E-state index contributed by atoms with van der Waals surface area (Å²) in [5, 5.41) is 0. The minimum absolute atomic E-state index is 0.258. The quantitative estimate of drug-likeness (QED) is 0.406. The van der Waals surface area contributed by atoms with E-state index in [0.717, 1.165) is 21.3 Å². The molecule has 0 fully saturated rings. The maximum Gasteiger partial charge on any atom is 0.374 e. The largest absolute Gasteiger partial charge is 0.468 e. The summed E-state index contributed by atoms with van der Waals surface area (Å²) in [4.78, 5) is 47.4. The highest BCUT2D eigenvalue weighted by molar-refractivity contribution is 6.07. The van der Waals surface area contributed by atoms with Gasteiger partial charge in [0.15, 0.2) is 5.92 Å². The Bertz CT molecular complexity index is 528. The molecule has 0 amide bonds. The van der Waals surface area contributed by atoms with E-state index in [-0.39, 0.29) is 5.57 Å². The molecule has 0 N–H and O–H groups in total. The summed E-state index contributed by atoms with van der Waals surface area (Å²) in [6.45, 7) is 2.87. The number of hydrogen-bond donors (Lipinski definition) is 0. The Hall–Kier alpha value is -2.38. The van der Waals surface area contributed by atoms with Crippen LogP contribution in [0.25, 0.3) is 0 Å². The van der Waals surface area contributed by atoms with Crippen LogP contribution < -0.4 is 0 Å². The Labute approximate surface area is 121 Å². The molecule has 0 aromatic rings. The third-order valence-electron chi connectivity index (χ3n) is 3.23. The van der Waals surface area contributed by atoms with Gasteiger partial charge >= 0.3 is 23.9 Å². The first kappa shape index (κ1) is 16.7. The summed E-state index contributed by atoms with van der Waals surface area (Å²) in [6.07, 6.45) is 0. The molecule has 1 aliphatic rings. The number of ether oxygens (including phenoxy) is 4. The third kappa shape index (κ3) is 2.74. The molecule has 0 aromatic heterocycles. The van der Waals surface area contributed by atoms with Crippen LogP contribution in [0.1, 0.15) is 13.8 Å². The van der Waals surface area contributed by atoms with E-state index in [9.17, 15) is 19.2 Å². The molecular weight excluding hydrogens is 284 g/mol. The zero-order valence-corrected chi connectivity index (χ0v) is 12.3. The first-order chi connectivity index (χ1) is 9.72. The summed E-state index contributed by atoms with van der Waals surface area (Å²) in [6, 6.07) is 0. The molecule has 1 atom stereocenters. The molecule has 1 unspecified atom stereocenters. The molecule has 8 heteroatoms. The van der Waals surface area contributed by atoms with Crippen LogP contribution in [-0.4, -0.2) is 45.2 Å². The summed E-state index contributed by atoms with van der Waals surface area (Å²) in [5.74, 6) is -5.78. The van der Waals surface area contributed by atoms with Gasteiger partial charge in [-0.25, -0.2) is 9.59 Å². The van der Waals surface area contributed by atoms with Crippen LogP contribution in [-0.2, 0) is 38.1 Å². The topological polar surface area (TPSA) is 105 Å². The summed E-state index contributed by atoms with van der Waals surface area (Å²) >= 11 is 0. The lowest BCUT2D eigenvalue weighted by Crippen LogP contribution is -2.47. The Morgan fingerprint density at radius 2 is 1.52 bits per heavy atom. The average Bonchev–Trinajstić information content (AvgIpc) is 2.43. The van der Waals surface area contributed by atoms with Crippen LogP contribution in [0.2, 0.25) is 0 Å². The van der Waals surface area contributed by atoms with Crippen LogP contribution in [0.4, 0.5) is 0 Å². The average molecular weight is 300 g/mol. The van der Waals surface area contributed by atoms with E-state index in [1.165, 1.54) is 13.8 Å². The van der Waals surface area contributed by atoms with E-state index in [1.54, 1.807) is 0 Å². The van der Waals surface area contributed by atoms with Gasteiger partial charge in [0.25, 0.3) is 0 Å². The Morgan fingerprint density at radius 3 is 1.95 bits per heavy atom. The molecule has 0 spiro atoms. The monoisotopic (exact) mass is 300 g/mol. The molecular formula is C13H16O8. The fraction of sp³-hybridized carbons (Fsp3) is 0.538. The van der Waals surface area contributed by atoms with Gasteiger partial charge in [0, 0.05) is 5.41 Å². The van der Waals surface area contributed by atoms with Crippen LogP contribution in [0.5, 0.6) is 0 Å². The maximum atomic E-state index is 12.0. The lowest BCUT2D eigenvalue weighted by molar-refractivity contribution is -0.169. The van der Waals surface area contributed by atoms with Crippen LogP contribution in [0.15, 0.2) is 11.3 Å². The first-order valence-electron chi connectivity index (χ1n) is 5.93. The second-order valence-corrected chi connectivity index (χ2v) is 4.79. The predicted molar refractivity (Wildman–Crippen MR) is 66.4 cm³/mol. The van der Waals surface area contributed by atoms with Gasteiger partial charge < -0.3 is 18.9 Å². The second-order valence-electron chi connectivity index (χ2n) is 4.79. The van der Waals surface area contributed by atoms with E-state index < -0.39 is 41.0 Å². The molecule has 1 aliphatic heterocycles. The van der Waals surface area contributed by atoms with Crippen LogP contribution in [0, 0.1) is 11.3 Å². The lowest BCUT2D eigenvalue weighted by atomic mass is 9.70. The van der Waals surface area contributed by atoms with Gasteiger partial charge in [-0.3, -0.25) is 9.59 Å². The molecule has 0 radical (unpaired) electrons. The predicted octanol–water partition coefficient (Wildman–Crippen LogP) is -0.0413. The molecule has 0 bridgehead atoms. The number of esters is 4. The molecule has 1 rings (SSSR count). The molecule has 1 heterocycles. The van der Waals surface area contributed by atoms with Crippen molar-refractivity contribution < 1.29 is 38.1 Å². The number of carbonyl (C=O) groups excluding carboxylic acids is 4. The summed E-state index contributed by atoms with van der Waals surface area (Å²) in [7, 11) is 3.27. The van der Waals surface area contributed by atoms with Gasteiger partial charge in [-0.1, -0.05) is 13.8 Å². The summed E-state index contributed by atoms with van der Waals surface area (Å²) < 4.78 is 18.4. The van der Waals surface area contributed by atoms with Crippen molar-refractivity contribution in [3.05, 3.63) is 11.3 Å². The Kier molecular flexibility index (Phi) is 4.72. The van der Waals surface area contributed by atoms with E-state index >= 15 is 0 Å². The molecule has 8 nitrogen and oxygen atoms in total. The van der Waals surface area contributed by atoms with E-state index in [0.29, 0.717) is 0 Å². The molecule has 0 saturated heterocycles. The van der Waals surface area contributed by atoms with Gasteiger partial charge in [0.05, 0.1) is 26.9 Å². The van der Waals surface area contributed by atoms with Gasteiger partial charge in [0.2, 0.25) is 5.76 Å². The van der Waals surface area contributed by atoms with Crippen molar-refractivity contribution in [1.29, 1.82) is 0 Å². The van der Waals surface area contributed by atoms with Crippen molar-refractivity contribution in [2.45, 2.75) is 13.8 Å². The molecule has 0 aliphatic carbocycles. The molecule has 0 saturated carbocycles. The number of cyclic esters (lactones) is 1. The van der Waals surface area contributed by atoms with Gasteiger partial charge in [-0.15, -0.1) is 0 Å². The van der Waals surface area contributed by atoms with Crippen molar-refractivity contribution in [2.24, 2.45) is 11.3 Å². The van der Waals surface area contributed by atoms with Crippen molar-refractivity contribution in [1.82, 2.24) is 0 Å². The van der Waals surface area contributed by atoms with Crippen molar-refractivity contribution in [2.75, 3.05) is 21.3 Å². The van der Waals surface area contributed by atoms with Crippen LogP contribution in [0.3, 0.4) is 0 Å². The fourth-order valence-electron chi connectivity index (χ4n) is 2.15. The second kappa shape index (κ2) is 5.94. The lowest BCUT2D eigenvalue weighted by Gasteiger charge is -2.36. The van der Waals surface area contributed by atoms with E-state index in [1.807, 2.05) is 0 Å². The Morgan fingerprint density at radius 1 is 1.00 bits per heavy atom. The van der Waals surface area contributed by atoms with Gasteiger partial charge in [-0.05, 0) is 0 Å². The highest BCUT2D eigenvalue weighted by Gasteiger charge is 2.54. The molecule has 0 aromatic carbocycles. The normalized spacial score (nSPS) is 20.4. The van der Waals surface area contributed by atoms with Crippen molar-refractivity contribution in [3.8, 4) is 0 Å². The number of hydrogen-bond acceptors (Lipinski definition) is 8. The highest BCUT2D eigenvalue weighted by Crippen LogP contribution is 2.43. The third-order valence-corrected chi connectivity index (χ3v) is 3.23. The zero-order chi connectivity index (χ0) is 16.4. The number of rotatable bonds is 3.